The van der Waals surface area contributed by atoms with Crippen LogP contribution in [-0.4, -0.2) is 12.1 Å². The van der Waals surface area contributed by atoms with Crippen LogP contribution in [0.25, 0.3) is 11.3 Å². The van der Waals surface area contributed by atoms with Crippen LogP contribution in [0.3, 0.4) is 0 Å². The van der Waals surface area contributed by atoms with Crippen molar-refractivity contribution >= 4 is 17.7 Å². The molecule has 0 saturated heterocycles. The average molecular weight is 289 g/mol. The molecule has 0 atom stereocenters. The third kappa shape index (κ3) is 3.12. The van der Waals surface area contributed by atoms with E-state index in [1.807, 2.05) is 54.6 Å². The summed E-state index contributed by atoms with van der Waals surface area (Å²) < 4.78 is 5.76. The van der Waals surface area contributed by atoms with E-state index < -0.39 is 0 Å². The molecule has 22 heavy (non-hydrogen) atoms. The van der Waals surface area contributed by atoms with Crippen LogP contribution in [0.4, 0.5) is 5.69 Å². The molecule has 0 saturated carbocycles. The fourth-order valence-electron chi connectivity index (χ4n) is 2.04. The monoisotopic (exact) mass is 289 g/mol. The molecular formula is C18H15N3O. The molecule has 0 bridgehead atoms. The average Bonchev–Trinajstić information content (AvgIpc) is 3.03. The number of aliphatic imine (C=N–C) groups is 1. The molecule has 0 amide bonds. The molecule has 3 rings (SSSR count). The van der Waals surface area contributed by atoms with Gasteiger partial charge in [0.05, 0.1) is 11.9 Å². The summed E-state index contributed by atoms with van der Waals surface area (Å²) in [7, 11) is 0. The number of nitrogens with two attached hydrogens (primary N) is 1. The third-order valence-electron chi connectivity index (χ3n) is 3.20. The summed E-state index contributed by atoms with van der Waals surface area (Å²) in [6.07, 6.45) is 1.70. The van der Waals surface area contributed by atoms with Gasteiger partial charge in [0.1, 0.15) is 17.4 Å². The van der Waals surface area contributed by atoms with Crippen molar-refractivity contribution < 1.29 is 4.42 Å². The molecule has 1 heterocycles. The normalized spacial score (nSPS) is 10.9. The van der Waals surface area contributed by atoms with Crippen LogP contribution >= 0.6 is 0 Å². The highest BCUT2D eigenvalue weighted by molar-refractivity contribution is 5.95. The van der Waals surface area contributed by atoms with Gasteiger partial charge in [0.15, 0.2) is 0 Å². The number of hydrogen-bond donors (Lipinski definition) is 2. The Bertz CT molecular complexity index is 802. The van der Waals surface area contributed by atoms with Crippen LogP contribution in [0, 0.1) is 5.41 Å². The second-order valence-corrected chi connectivity index (χ2v) is 4.79. The summed E-state index contributed by atoms with van der Waals surface area (Å²) >= 11 is 0. The highest BCUT2D eigenvalue weighted by atomic mass is 16.3. The van der Waals surface area contributed by atoms with Gasteiger partial charge in [0, 0.05) is 11.1 Å². The Hall–Kier alpha value is -3.14. The Morgan fingerprint density at radius 2 is 1.68 bits per heavy atom. The van der Waals surface area contributed by atoms with Gasteiger partial charge in [0.25, 0.3) is 0 Å². The van der Waals surface area contributed by atoms with E-state index in [4.69, 9.17) is 15.6 Å². The molecule has 0 fully saturated rings. The Morgan fingerprint density at radius 3 is 2.36 bits per heavy atom. The van der Waals surface area contributed by atoms with Crippen molar-refractivity contribution in [3.8, 4) is 11.3 Å². The first-order valence-corrected chi connectivity index (χ1v) is 6.86. The van der Waals surface area contributed by atoms with Crippen LogP contribution in [0.2, 0.25) is 0 Å². The zero-order valence-corrected chi connectivity index (χ0v) is 11.9. The number of rotatable bonds is 4. The Balaban J connectivity index is 1.79. The topological polar surface area (TPSA) is 75.4 Å². The fraction of sp³-hybridized carbons (Fsp3) is 0. The summed E-state index contributed by atoms with van der Waals surface area (Å²) in [5, 5.41) is 7.39. The molecule has 0 aliphatic heterocycles. The molecule has 4 heteroatoms. The highest BCUT2D eigenvalue weighted by Gasteiger charge is 2.04. The van der Waals surface area contributed by atoms with Gasteiger partial charge in [-0.25, -0.2) is 0 Å². The van der Waals surface area contributed by atoms with Crippen LogP contribution < -0.4 is 5.73 Å². The Morgan fingerprint density at radius 1 is 0.955 bits per heavy atom. The van der Waals surface area contributed by atoms with Gasteiger partial charge < -0.3 is 10.2 Å². The molecule has 1 aromatic heterocycles. The van der Waals surface area contributed by atoms with Crippen molar-refractivity contribution in [2.75, 3.05) is 0 Å². The van der Waals surface area contributed by atoms with E-state index in [-0.39, 0.29) is 5.84 Å². The minimum Gasteiger partial charge on any atom is -0.455 e. The van der Waals surface area contributed by atoms with Gasteiger partial charge in [-0.15, -0.1) is 0 Å². The van der Waals surface area contributed by atoms with Crippen LogP contribution in [-0.2, 0) is 0 Å². The van der Waals surface area contributed by atoms with Gasteiger partial charge in [-0.1, -0.05) is 42.5 Å². The number of furan rings is 1. The minimum atomic E-state index is 0.0571. The number of hydrogen-bond acceptors (Lipinski definition) is 3. The number of para-hydroxylation sites is 1. The van der Waals surface area contributed by atoms with Crippen molar-refractivity contribution in [3.05, 3.63) is 78.1 Å². The van der Waals surface area contributed by atoms with Gasteiger partial charge in [0.2, 0.25) is 0 Å². The lowest BCUT2D eigenvalue weighted by Crippen LogP contribution is -2.10. The standard InChI is InChI=1S/C18H15N3O/c19-18(20)14-8-6-13(7-9-14)17-11-10-16(22-17)12-21-15-4-2-1-3-5-15/h1-12H,(H3,19,20)/b21-12+. The van der Waals surface area contributed by atoms with Crippen molar-refractivity contribution in [1.29, 1.82) is 5.41 Å². The maximum absolute atomic E-state index is 7.39. The van der Waals surface area contributed by atoms with E-state index in [1.165, 1.54) is 0 Å². The largest absolute Gasteiger partial charge is 0.455 e. The van der Waals surface area contributed by atoms with E-state index >= 15 is 0 Å². The molecule has 0 unspecified atom stereocenters. The van der Waals surface area contributed by atoms with E-state index in [2.05, 4.69) is 4.99 Å². The molecule has 3 N–H and O–H groups in total. The van der Waals surface area contributed by atoms with Crippen molar-refractivity contribution in [1.82, 2.24) is 0 Å². The first-order valence-electron chi connectivity index (χ1n) is 6.86. The summed E-state index contributed by atoms with van der Waals surface area (Å²) in [6, 6.07) is 20.8. The lowest BCUT2D eigenvalue weighted by Gasteiger charge is -2.00. The second kappa shape index (κ2) is 6.10. The molecule has 2 aromatic carbocycles. The number of amidine groups is 1. The highest BCUT2D eigenvalue weighted by Crippen LogP contribution is 2.22. The van der Waals surface area contributed by atoms with E-state index in [0.717, 1.165) is 17.0 Å². The predicted molar refractivity (Wildman–Crippen MR) is 88.9 cm³/mol. The summed E-state index contributed by atoms with van der Waals surface area (Å²) in [4.78, 5) is 4.36. The van der Waals surface area contributed by atoms with Crippen molar-refractivity contribution in [2.45, 2.75) is 0 Å². The number of nitrogens with one attached hydrogen (secondary N) is 1. The maximum Gasteiger partial charge on any atom is 0.145 e. The summed E-state index contributed by atoms with van der Waals surface area (Å²) in [5.74, 6) is 1.50. The minimum absolute atomic E-state index is 0.0571. The summed E-state index contributed by atoms with van der Waals surface area (Å²) in [6.45, 7) is 0. The van der Waals surface area contributed by atoms with Crippen molar-refractivity contribution in [3.63, 3.8) is 0 Å². The number of benzene rings is 2. The van der Waals surface area contributed by atoms with Gasteiger partial charge in [-0.3, -0.25) is 10.4 Å². The molecule has 0 aliphatic carbocycles. The molecule has 4 nitrogen and oxygen atoms in total. The summed E-state index contributed by atoms with van der Waals surface area (Å²) in [5.41, 5.74) is 7.95. The molecule has 0 radical (unpaired) electrons. The molecule has 0 spiro atoms. The smallest absolute Gasteiger partial charge is 0.145 e. The molecule has 0 aliphatic rings. The predicted octanol–water partition coefficient (Wildman–Crippen LogP) is 3.98. The van der Waals surface area contributed by atoms with Crippen LogP contribution in [0.1, 0.15) is 11.3 Å². The zero-order chi connectivity index (χ0) is 15.4. The third-order valence-corrected chi connectivity index (χ3v) is 3.20. The lowest BCUT2D eigenvalue weighted by atomic mass is 10.1. The Labute approximate surface area is 128 Å². The van der Waals surface area contributed by atoms with Crippen LogP contribution in [0.5, 0.6) is 0 Å². The fourth-order valence-corrected chi connectivity index (χ4v) is 2.04. The van der Waals surface area contributed by atoms with Gasteiger partial charge in [-0.2, -0.15) is 0 Å². The maximum atomic E-state index is 7.39. The SMILES string of the molecule is N=C(N)c1ccc(-c2ccc(/C=N/c3ccccc3)o2)cc1. The first-order chi connectivity index (χ1) is 10.7. The van der Waals surface area contributed by atoms with E-state index in [0.29, 0.717) is 11.3 Å². The van der Waals surface area contributed by atoms with Crippen molar-refractivity contribution in [2.24, 2.45) is 10.7 Å². The molecule has 3 aromatic rings. The zero-order valence-electron chi connectivity index (χ0n) is 11.9. The second-order valence-electron chi connectivity index (χ2n) is 4.79. The van der Waals surface area contributed by atoms with Gasteiger partial charge in [-0.05, 0) is 24.3 Å². The lowest BCUT2D eigenvalue weighted by molar-refractivity contribution is 0.575. The molecular weight excluding hydrogens is 274 g/mol. The van der Waals surface area contributed by atoms with Crippen LogP contribution in [0.15, 0.2) is 76.1 Å². The van der Waals surface area contributed by atoms with E-state index in [1.54, 1.807) is 18.3 Å². The van der Waals surface area contributed by atoms with Gasteiger partial charge >= 0.3 is 0 Å². The first kappa shape index (κ1) is 13.8. The Kier molecular flexibility index (Phi) is 3.83. The molecule has 108 valence electrons. The van der Waals surface area contributed by atoms with E-state index in [9.17, 15) is 0 Å². The number of nitrogens with zero attached hydrogens (tertiary/aromatic N) is 1. The number of nitrogen functional groups attached to an aromatic ring is 1. The quantitative estimate of drug-likeness (QED) is 0.563.